The number of aryl methyl sites for hydroxylation is 1. The van der Waals surface area contributed by atoms with Crippen molar-refractivity contribution >= 4 is 54.5 Å². The Morgan fingerprint density at radius 2 is 1.35 bits per heavy atom. The lowest BCUT2D eigenvalue weighted by Crippen LogP contribution is -1.96. The summed E-state index contributed by atoms with van der Waals surface area (Å²) < 4.78 is 8.54. The number of furan rings is 1. The quantitative estimate of drug-likeness (QED) is 0.250. The van der Waals surface area contributed by atoms with Gasteiger partial charge in [-0.25, -0.2) is 4.98 Å². The fraction of sp³-hybridized carbons (Fsp3) is 0.0294. The highest BCUT2D eigenvalue weighted by Gasteiger charge is 2.15. The van der Waals surface area contributed by atoms with E-state index < -0.39 is 0 Å². The summed E-state index contributed by atoms with van der Waals surface area (Å²) in [7, 11) is 0. The van der Waals surface area contributed by atoms with Crippen molar-refractivity contribution < 1.29 is 4.42 Å². The molecule has 0 bridgehead atoms. The van der Waals surface area contributed by atoms with Crippen LogP contribution in [0.1, 0.15) is 5.82 Å². The molecule has 3 heteroatoms. The summed E-state index contributed by atoms with van der Waals surface area (Å²) in [4.78, 5) is 4.75. The van der Waals surface area contributed by atoms with Gasteiger partial charge in [-0.2, -0.15) is 0 Å². The van der Waals surface area contributed by atoms with E-state index in [2.05, 4.69) is 109 Å². The summed E-state index contributed by atoms with van der Waals surface area (Å²) in [6, 6.07) is 40.9. The standard InChI is InChI=1S/C34H22N2O/c1-21-35-31-11-5-6-12-32(31)36(21)25-17-16-22-18-24(15-14-23(22)19-25)29-20-30-27-9-4-7-13-33(27)37-34(30)28-10-3-2-8-26(28)29/h2-20H,1H3. The van der Waals surface area contributed by atoms with Crippen molar-refractivity contribution in [2.45, 2.75) is 6.92 Å². The lowest BCUT2D eigenvalue weighted by molar-refractivity contribution is 0.672. The summed E-state index contributed by atoms with van der Waals surface area (Å²) >= 11 is 0. The Balaban J connectivity index is 1.33. The highest BCUT2D eigenvalue weighted by atomic mass is 16.3. The molecule has 0 radical (unpaired) electrons. The average molecular weight is 475 g/mol. The van der Waals surface area contributed by atoms with Gasteiger partial charge in [0.1, 0.15) is 17.0 Å². The largest absolute Gasteiger partial charge is 0.455 e. The van der Waals surface area contributed by atoms with Crippen LogP contribution in [0, 0.1) is 6.92 Å². The third-order valence-corrected chi connectivity index (χ3v) is 7.51. The molecule has 0 aliphatic carbocycles. The fourth-order valence-electron chi connectivity index (χ4n) is 5.80. The molecule has 0 saturated heterocycles. The van der Waals surface area contributed by atoms with Crippen molar-refractivity contribution in [1.29, 1.82) is 0 Å². The maximum absolute atomic E-state index is 6.31. The molecule has 174 valence electrons. The molecule has 0 fully saturated rings. The van der Waals surface area contributed by atoms with Gasteiger partial charge >= 0.3 is 0 Å². The third kappa shape index (κ3) is 2.98. The zero-order valence-corrected chi connectivity index (χ0v) is 20.3. The van der Waals surface area contributed by atoms with Gasteiger partial charge in [-0.15, -0.1) is 0 Å². The predicted molar refractivity (Wildman–Crippen MR) is 154 cm³/mol. The molecule has 0 N–H and O–H groups in total. The van der Waals surface area contributed by atoms with E-state index in [0.717, 1.165) is 49.9 Å². The topological polar surface area (TPSA) is 31.0 Å². The van der Waals surface area contributed by atoms with Crippen molar-refractivity contribution in [2.75, 3.05) is 0 Å². The average Bonchev–Trinajstić information content (AvgIpc) is 3.49. The van der Waals surface area contributed by atoms with Gasteiger partial charge in [0.25, 0.3) is 0 Å². The van der Waals surface area contributed by atoms with Crippen LogP contribution >= 0.6 is 0 Å². The maximum atomic E-state index is 6.31. The molecular formula is C34H22N2O. The van der Waals surface area contributed by atoms with E-state index in [4.69, 9.17) is 9.40 Å². The first-order valence-corrected chi connectivity index (χ1v) is 12.6. The van der Waals surface area contributed by atoms with Gasteiger partial charge < -0.3 is 4.42 Å². The second-order valence-electron chi connectivity index (χ2n) is 9.67. The molecule has 2 aromatic heterocycles. The molecule has 2 heterocycles. The van der Waals surface area contributed by atoms with Crippen molar-refractivity contribution in [3.05, 3.63) is 121 Å². The minimum absolute atomic E-state index is 0.924. The molecule has 37 heavy (non-hydrogen) atoms. The van der Waals surface area contributed by atoms with Crippen LogP contribution in [0.25, 0.3) is 71.3 Å². The van der Waals surface area contributed by atoms with E-state index >= 15 is 0 Å². The molecule has 8 rings (SSSR count). The summed E-state index contributed by atoms with van der Waals surface area (Å²) in [5, 5.41) is 7.07. The van der Waals surface area contributed by atoms with E-state index in [0.29, 0.717) is 0 Å². The second kappa shape index (κ2) is 7.55. The molecule has 0 aliphatic heterocycles. The number of imidazole rings is 1. The first kappa shape index (κ1) is 20.3. The molecule has 0 amide bonds. The monoisotopic (exact) mass is 474 g/mol. The first-order chi connectivity index (χ1) is 18.2. The molecule has 6 aromatic carbocycles. The predicted octanol–water partition coefficient (Wildman–Crippen LogP) is 9.21. The summed E-state index contributed by atoms with van der Waals surface area (Å²) in [5.41, 5.74) is 7.57. The molecule has 0 spiro atoms. The second-order valence-corrected chi connectivity index (χ2v) is 9.67. The zero-order valence-electron chi connectivity index (χ0n) is 20.3. The number of nitrogens with zero attached hydrogens (tertiary/aromatic N) is 2. The number of benzene rings is 6. The van der Waals surface area contributed by atoms with E-state index in [-0.39, 0.29) is 0 Å². The van der Waals surface area contributed by atoms with Crippen LogP contribution in [-0.4, -0.2) is 9.55 Å². The number of hydrogen-bond donors (Lipinski definition) is 0. The fourth-order valence-corrected chi connectivity index (χ4v) is 5.80. The Kier molecular flexibility index (Phi) is 4.15. The summed E-state index contributed by atoms with van der Waals surface area (Å²) in [6.07, 6.45) is 0. The van der Waals surface area contributed by atoms with E-state index in [1.165, 1.54) is 27.3 Å². The zero-order chi connectivity index (χ0) is 24.5. The SMILES string of the molecule is Cc1nc2ccccc2n1-c1ccc2cc(-c3cc4c5ccccc5oc4c4ccccc34)ccc2c1. The highest BCUT2D eigenvalue weighted by Crippen LogP contribution is 2.40. The van der Waals surface area contributed by atoms with Crippen LogP contribution < -0.4 is 0 Å². The van der Waals surface area contributed by atoms with E-state index in [1.807, 2.05) is 18.2 Å². The van der Waals surface area contributed by atoms with Crippen molar-refractivity contribution in [3.63, 3.8) is 0 Å². The molecule has 3 nitrogen and oxygen atoms in total. The van der Waals surface area contributed by atoms with Gasteiger partial charge in [-0.1, -0.05) is 72.8 Å². The summed E-state index contributed by atoms with van der Waals surface area (Å²) in [5.74, 6) is 0.990. The smallest absolute Gasteiger partial charge is 0.143 e. The van der Waals surface area contributed by atoms with Gasteiger partial charge in [0.15, 0.2) is 0 Å². The van der Waals surface area contributed by atoms with E-state index in [1.54, 1.807) is 0 Å². The molecule has 0 saturated carbocycles. The maximum Gasteiger partial charge on any atom is 0.143 e. The Morgan fingerprint density at radius 1 is 0.622 bits per heavy atom. The highest BCUT2D eigenvalue weighted by molar-refractivity contribution is 6.19. The Labute approximate surface area is 213 Å². The normalized spacial score (nSPS) is 11.9. The van der Waals surface area contributed by atoms with Crippen molar-refractivity contribution in [2.24, 2.45) is 0 Å². The van der Waals surface area contributed by atoms with Gasteiger partial charge in [0.2, 0.25) is 0 Å². The van der Waals surface area contributed by atoms with Crippen molar-refractivity contribution in [3.8, 4) is 16.8 Å². The number of aromatic nitrogens is 2. The molecule has 0 aliphatic rings. The Bertz CT molecular complexity index is 2160. The molecular weight excluding hydrogens is 452 g/mol. The van der Waals surface area contributed by atoms with E-state index in [9.17, 15) is 0 Å². The van der Waals surface area contributed by atoms with Crippen LogP contribution in [0.4, 0.5) is 0 Å². The van der Waals surface area contributed by atoms with Crippen LogP contribution in [-0.2, 0) is 0 Å². The number of rotatable bonds is 2. The number of para-hydroxylation sites is 3. The molecule has 8 aromatic rings. The summed E-state index contributed by atoms with van der Waals surface area (Å²) in [6.45, 7) is 2.06. The van der Waals surface area contributed by atoms with Crippen LogP contribution in [0.5, 0.6) is 0 Å². The van der Waals surface area contributed by atoms with Gasteiger partial charge in [-0.05, 0) is 76.7 Å². The molecule has 0 unspecified atom stereocenters. The van der Waals surface area contributed by atoms with Crippen LogP contribution in [0.2, 0.25) is 0 Å². The van der Waals surface area contributed by atoms with Crippen LogP contribution in [0.3, 0.4) is 0 Å². The van der Waals surface area contributed by atoms with Gasteiger partial charge in [-0.3, -0.25) is 4.57 Å². The van der Waals surface area contributed by atoms with Crippen LogP contribution in [0.15, 0.2) is 120 Å². The van der Waals surface area contributed by atoms with Gasteiger partial charge in [0, 0.05) is 21.8 Å². The minimum atomic E-state index is 0.924. The Morgan fingerprint density at radius 3 is 2.27 bits per heavy atom. The number of fused-ring (bicyclic) bond motifs is 7. The first-order valence-electron chi connectivity index (χ1n) is 12.6. The lowest BCUT2D eigenvalue weighted by Gasteiger charge is -2.11. The Hall–Kier alpha value is -4.89. The number of hydrogen-bond acceptors (Lipinski definition) is 2. The van der Waals surface area contributed by atoms with Crippen molar-refractivity contribution in [1.82, 2.24) is 9.55 Å². The molecule has 0 atom stereocenters. The minimum Gasteiger partial charge on any atom is -0.455 e. The van der Waals surface area contributed by atoms with Gasteiger partial charge in [0.05, 0.1) is 11.0 Å². The lowest BCUT2D eigenvalue weighted by atomic mass is 9.94. The third-order valence-electron chi connectivity index (χ3n) is 7.51.